The maximum atomic E-state index is 14.7. The third-order valence-electron chi connectivity index (χ3n) is 12.8. The molecule has 3 aromatic carbocycles. The highest BCUT2D eigenvalue weighted by Crippen LogP contribution is 2.42. The van der Waals surface area contributed by atoms with Gasteiger partial charge in [-0.3, -0.25) is 0 Å². The largest absolute Gasteiger partial charge is 0.471 e. The molecule has 1 saturated carbocycles. The van der Waals surface area contributed by atoms with Crippen LogP contribution in [-0.2, 0) is 48.0 Å². The topological polar surface area (TPSA) is 304 Å². The minimum Gasteiger partial charge on any atom is -0.471 e. The number of ether oxygens (including phenoxy) is 3. The van der Waals surface area contributed by atoms with Crippen LogP contribution in [0.25, 0.3) is 0 Å². The van der Waals surface area contributed by atoms with Gasteiger partial charge in [0, 0.05) is 48.2 Å². The summed E-state index contributed by atoms with van der Waals surface area (Å²) in [5.74, 6) is -7.15. The van der Waals surface area contributed by atoms with Gasteiger partial charge in [0.2, 0.25) is 35.5 Å². The van der Waals surface area contributed by atoms with Crippen LogP contribution < -0.4 is 30.2 Å². The van der Waals surface area contributed by atoms with Crippen molar-refractivity contribution in [3.05, 3.63) is 108 Å². The lowest BCUT2D eigenvalue weighted by Crippen LogP contribution is -2.47. The first-order valence-corrected chi connectivity index (χ1v) is 30.3. The van der Waals surface area contributed by atoms with Gasteiger partial charge >= 0.3 is 18.5 Å². The Morgan fingerprint density at radius 2 is 0.893 bits per heavy atom. The van der Waals surface area contributed by atoms with Crippen LogP contribution in [0.3, 0.4) is 0 Å². The number of hydrogen-bond acceptors (Lipinski definition) is 21. The first-order chi connectivity index (χ1) is 38.8. The zero-order valence-electron chi connectivity index (χ0n) is 44.9. The molecule has 0 spiro atoms. The van der Waals surface area contributed by atoms with Crippen molar-refractivity contribution >= 4 is 64.4 Å². The molecule has 3 heterocycles. The summed E-state index contributed by atoms with van der Waals surface area (Å²) < 4.78 is 223. The van der Waals surface area contributed by atoms with Gasteiger partial charge in [0.1, 0.15) is 35.0 Å². The summed E-state index contributed by atoms with van der Waals surface area (Å²) in [7, 11) is -11.0. The normalized spacial score (nSPS) is 15.9. The Morgan fingerprint density at radius 3 is 1.21 bits per heavy atom. The Hall–Kier alpha value is -7.20. The average Bonchev–Trinajstić information content (AvgIpc) is 2.45. The second-order valence-electron chi connectivity index (χ2n) is 20.2. The third-order valence-corrected chi connectivity index (χ3v) is 17.3. The number of aromatic nitrogens is 6. The number of benzene rings is 3. The highest BCUT2D eigenvalue weighted by molar-refractivity contribution is 7.92. The van der Waals surface area contributed by atoms with E-state index in [2.05, 4.69) is 45.9 Å². The van der Waals surface area contributed by atoms with Gasteiger partial charge in [-0.2, -0.15) is 54.5 Å². The molecular formula is C51H54F9N9O12S3. The van der Waals surface area contributed by atoms with Crippen LogP contribution in [0, 0.1) is 5.92 Å². The van der Waals surface area contributed by atoms with Crippen molar-refractivity contribution < 1.29 is 94.3 Å². The van der Waals surface area contributed by atoms with E-state index in [1.165, 1.54) is 72.8 Å². The van der Waals surface area contributed by atoms with Crippen LogP contribution in [0.2, 0.25) is 0 Å². The fourth-order valence-corrected chi connectivity index (χ4v) is 11.0. The van der Waals surface area contributed by atoms with Gasteiger partial charge in [0.25, 0.3) is 0 Å². The minimum absolute atomic E-state index is 0.0165. The van der Waals surface area contributed by atoms with Crippen LogP contribution in [0.5, 0.6) is 17.6 Å². The molecule has 6 atom stereocenters. The molecule has 3 aromatic heterocycles. The van der Waals surface area contributed by atoms with E-state index in [1.54, 1.807) is 0 Å². The molecule has 21 nitrogen and oxygen atoms in total. The fourth-order valence-electron chi connectivity index (χ4n) is 8.07. The second-order valence-corrected chi connectivity index (χ2v) is 26.4. The fraction of sp³-hybridized carbons (Fsp3) is 0.412. The number of hydrogen-bond donors (Lipinski definition) is 6. The van der Waals surface area contributed by atoms with Crippen molar-refractivity contribution in [1.29, 1.82) is 0 Å². The first-order valence-electron chi connectivity index (χ1n) is 24.9. The third kappa shape index (κ3) is 16.6. The number of sulfone groups is 3. The zero-order chi connectivity index (χ0) is 62.1. The predicted octanol–water partition coefficient (Wildman–Crippen LogP) is 8.66. The van der Waals surface area contributed by atoms with E-state index in [1.807, 2.05) is 0 Å². The van der Waals surface area contributed by atoms with Crippen molar-refractivity contribution in [2.75, 3.05) is 28.5 Å². The number of aliphatic hydroxyl groups excluding tert-OH is 2. The van der Waals surface area contributed by atoms with Crippen LogP contribution in [0.15, 0.2) is 106 Å². The molecule has 0 aliphatic heterocycles. The van der Waals surface area contributed by atoms with Gasteiger partial charge in [0.15, 0.2) is 29.5 Å². The number of anilines is 6. The Kier molecular flexibility index (Phi) is 18.7. The standard InChI is InChI=1S/C51H54F9N9O12S3/c1-26(70)39(80-43-37(50(55,56)57)24-62-46(68-43)64-29-7-13-32(14-8-29)82(5,73)74)21-28(22-40(48(3,4)72)81-44-38(51(58,59)60)25-63-47(69-44)65-30-9-15-33(16-10-30)83(6,75)76)41(71)27(2)79-42-36(49(52,53)54)23-61-45(67-42)66-31-11-17-34(18-12-31)84(77,78)35-19-20-35/h7-18,23-28,35,39-41,70-72H,19-22H2,1-6H3,(H,61,66,67)(H,62,64,68)(H,63,65,69)/t26?,27-,28?,39?,40-,41+/m1/s1. The van der Waals surface area contributed by atoms with Crippen LogP contribution in [0.1, 0.15) is 70.1 Å². The highest BCUT2D eigenvalue weighted by atomic mass is 32.2. The molecule has 0 bridgehead atoms. The van der Waals surface area contributed by atoms with Crippen molar-refractivity contribution in [2.45, 2.75) is 128 Å². The maximum Gasteiger partial charge on any atom is 0.423 e. The summed E-state index contributed by atoms with van der Waals surface area (Å²) in [5.41, 5.74) is -6.88. The van der Waals surface area contributed by atoms with E-state index in [9.17, 15) is 80.1 Å². The van der Waals surface area contributed by atoms with Crippen molar-refractivity contribution in [2.24, 2.45) is 5.92 Å². The van der Waals surface area contributed by atoms with Gasteiger partial charge < -0.3 is 45.5 Å². The number of alkyl halides is 9. The molecule has 1 aliphatic rings. The molecule has 84 heavy (non-hydrogen) atoms. The zero-order valence-corrected chi connectivity index (χ0v) is 47.3. The van der Waals surface area contributed by atoms with Gasteiger partial charge in [-0.05, 0) is 132 Å². The molecule has 1 fully saturated rings. The van der Waals surface area contributed by atoms with Gasteiger partial charge in [-0.15, -0.1) is 0 Å². The van der Waals surface area contributed by atoms with Crippen LogP contribution in [-0.4, -0.2) is 124 Å². The monoisotopic (exact) mass is 1250 g/mol. The molecule has 33 heteroatoms. The molecule has 0 saturated heterocycles. The molecule has 0 radical (unpaired) electrons. The van der Waals surface area contributed by atoms with E-state index in [-0.39, 0.29) is 31.7 Å². The van der Waals surface area contributed by atoms with Gasteiger partial charge in [-0.25, -0.2) is 40.2 Å². The van der Waals surface area contributed by atoms with Gasteiger partial charge in [0.05, 0.1) is 37.7 Å². The van der Waals surface area contributed by atoms with E-state index >= 15 is 0 Å². The van der Waals surface area contributed by atoms with Crippen molar-refractivity contribution in [1.82, 2.24) is 29.9 Å². The molecular weight excluding hydrogens is 1200 g/mol. The summed E-state index contributed by atoms with van der Waals surface area (Å²) in [6.45, 7) is 4.14. The minimum atomic E-state index is -5.27. The number of nitrogens with one attached hydrogen (secondary N) is 3. The number of halogens is 9. The van der Waals surface area contributed by atoms with Crippen molar-refractivity contribution in [3.63, 3.8) is 0 Å². The maximum absolute atomic E-state index is 14.7. The first kappa shape index (κ1) is 64.4. The smallest absolute Gasteiger partial charge is 0.423 e. The SMILES string of the molecule is CC(O)C(CC(C[C@@H](Oc1nc(Nc2ccc(S(C)(=O)=O)cc2)ncc1C(F)(F)F)C(C)(C)O)[C@@H](O)[C@@H](C)Oc1nc(Nc2ccc(S(=O)(=O)C3CC3)cc2)ncc1C(F)(F)F)Oc1nc(Nc2ccc(S(C)(=O)=O)cc2)ncc1C(F)(F)F. The Labute approximate surface area is 474 Å². The number of aliphatic hydroxyl groups is 3. The lowest BCUT2D eigenvalue weighted by Gasteiger charge is -2.37. The molecule has 3 unspecified atom stereocenters. The van der Waals surface area contributed by atoms with E-state index in [0.29, 0.717) is 31.4 Å². The summed E-state index contributed by atoms with van der Waals surface area (Å²) in [4.78, 5) is 22.4. The molecule has 0 amide bonds. The summed E-state index contributed by atoms with van der Waals surface area (Å²) in [5, 5.41) is 42.4. The van der Waals surface area contributed by atoms with Gasteiger partial charge in [-0.1, -0.05) is 0 Å². The average molecular weight is 1250 g/mol. The van der Waals surface area contributed by atoms with Crippen molar-refractivity contribution in [3.8, 4) is 17.6 Å². The predicted molar refractivity (Wildman–Crippen MR) is 282 cm³/mol. The Morgan fingerprint density at radius 1 is 0.548 bits per heavy atom. The van der Waals surface area contributed by atoms with E-state index in [0.717, 1.165) is 40.2 Å². The lowest BCUT2D eigenvalue weighted by atomic mass is 9.82. The van der Waals surface area contributed by atoms with E-state index < -0.39 is 160 Å². The van der Waals surface area contributed by atoms with Crippen LogP contribution >= 0.6 is 0 Å². The second kappa shape index (κ2) is 24.4. The number of nitrogens with zero attached hydrogens (tertiary/aromatic N) is 6. The lowest BCUT2D eigenvalue weighted by molar-refractivity contribution is -0.142. The highest BCUT2D eigenvalue weighted by Gasteiger charge is 2.45. The molecule has 6 aromatic rings. The number of rotatable bonds is 24. The quantitative estimate of drug-likeness (QED) is 0.0309. The summed E-state index contributed by atoms with van der Waals surface area (Å²) in [6, 6.07) is 14.8. The molecule has 7 rings (SSSR count). The van der Waals surface area contributed by atoms with Crippen LogP contribution in [0.4, 0.5) is 74.4 Å². The Balaban J connectivity index is 1.26. The Bertz CT molecular complexity index is 3650. The molecule has 456 valence electrons. The summed E-state index contributed by atoms with van der Waals surface area (Å²) in [6.07, 6.45) is -23.7. The van der Waals surface area contributed by atoms with E-state index in [4.69, 9.17) is 14.2 Å². The molecule has 6 N–H and O–H groups in total. The molecule has 1 aliphatic carbocycles. The summed E-state index contributed by atoms with van der Waals surface area (Å²) >= 11 is 0.